The second-order valence-corrected chi connectivity index (χ2v) is 8.22. The highest BCUT2D eigenvalue weighted by Gasteiger charge is 2.24. The molecule has 0 radical (unpaired) electrons. The lowest BCUT2D eigenvalue weighted by atomic mass is 9.94. The van der Waals surface area contributed by atoms with E-state index < -0.39 is 0 Å². The van der Waals surface area contributed by atoms with E-state index in [0.717, 1.165) is 29.0 Å². The number of fused-ring (bicyclic) bond motifs is 2. The number of nitrogens with zero attached hydrogens (tertiary/aromatic N) is 2. The molecule has 0 fully saturated rings. The zero-order valence-corrected chi connectivity index (χ0v) is 18.4. The van der Waals surface area contributed by atoms with Crippen LogP contribution >= 0.6 is 0 Å². The first-order valence-corrected chi connectivity index (χ1v) is 11.0. The number of aromatic nitrogens is 1. The molecule has 2 aromatic heterocycles. The summed E-state index contributed by atoms with van der Waals surface area (Å²) >= 11 is 0. The fraction of sp³-hybridized carbons (Fsp3) is 0.320. The Hall–Kier alpha value is -3.81. The number of nitrogens with one attached hydrogen (secondary N) is 1. The van der Waals surface area contributed by atoms with Crippen molar-refractivity contribution in [2.45, 2.75) is 39.3 Å². The average molecular weight is 447 g/mol. The molecule has 2 amide bonds. The molecule has 0 unspecified atom stereocenters. The predicted octanol–water partition coefficient (Wildman–Crippen LogP) is 3.16. The Morgan fingerprint density at radius 3 is 2.91 bits per heavy atom. The van der Waals surface area contributed by atoms with Crippen LogP contribution in [0.4, 0.5) is 0 Å². The predicted molar refractivity (Wildman–Crippen MR) is 119 cm³/mol. The normalized spacial score (nSPS) is 14.2. The Balaban J connectivity index is 1.24. The van der Waals surface area contributed by atoms with Gasteiger partial charge in [-0.25, -0.2) is 0 Å². The summed E-state index contributed by atoms with van der Waals surface area (Å²) in [4.78, 5) is 31.8. The van der Waals surface area contributed by atoms with Gasteiger partial charge in [0, 0.05) is 49.9 Å². The number of hydrogen-bond donors (Lipinski definition) is 1. The minimum Gasteiger partial charge on any atom is -0.469 e. The van der Waals surface area contributed by atoms with E-state index in [-0.39, 0.29) is 18.6 Å². The first kappa shape index (κ1) is 21.1. The van der Waals surface area contributed by atoms with Crippen molar-refractivity contribution in [3.8, 4) is 11.5 Å². The third-order valence-corrected chi connectivity index (χ3v) is 6.17. The Kier molecular flexibility index (Phi) is 5.73. The highest BCUT2D eigenvalue weighted by atomic mass is 16.7. The molecule has 1 aromatic carbocycles. The number of aryl methyl sites for hydroxylation is 2. The summed E-state index contributed by atoms with van der Waals surface area (Å²) in [5, 5.41) is 3.00. The number of pyridine rings is 1. The van der Waals surface area contributed by atoms with Gasteiger partial charge in [0.15, 0.2) is 11.5 Å². The number of hydrogen-bond acceptors (Lipinski definition) is 6. The van der Waals surface area contributed by atoms with Gasteiger partial charge in [-0.1, -0.05) is 0 Å². The maximum atomic E-state index is 12.7. The van der Waals surface area contributed by atoms with E-state index in [0.29, 0.717) is 49.5 Å². The first-order chi connectivity index (χ1) is 16.1. The molecule has 8 nitrogen and oxygen atoms in total. The maximum Gasteiger partial charge on any atom is 0.251 e. The monoisotopic (exact) mass is 447 g/mol. The lowest BCUT2D eigenvalue weighted by Gasteiger charge is -2.30. The standard InChI is InChI=1S/C25H25N3O5/c1-16-21(13-27-25(30)17-4-6-22-23(11-17)33-15-32-22)20-8-9-28(14-18(20)12-26-16)24(29)7-5-19-3-2-10-31-19/h2-4,6,10-12H,5,7-9,13-15H2,1H3,(H,27,30). The number of ether oxygens (including phenoxy) is 2. The Bertz CT molecular complexity index is 1190. The summed E-state index contributed by atoms with van der Waals surface area (Å²) in [6.45, 7) is 3.67. The maximum absolute atomic E-state index is 12.7. The molecule has 0 saturated heterocycles. The highest BCUT2D eigenvalue weighted by molar-refractivity contribution is 5.95. The van der Waals surface area contributed by atoms with Gasteiger partial charge in [0.05, 0.1) is 6.26 Å². The van der Waals surface area contributed by atoms with Crippen LogP contribution in [0.3, 0.4) is 0 Å². The van der Waals surface area contributed by atoms with Crippen molar-refractivity contribution in [2.75, 3.05) is 13.3 Å². The summed E-state index contributed by atoms with van der Waals surface area (Å²) in [5.41, 5.74) is 4.62. The van der Waals surface area contributed by atoms with Crippen molar-refractivity contribution in [3.63, 3.8) is 0 Å². The van der Waals surface area contributed by atoms with Gasteiger partial charge in [-0.3, -0.25) is 14.6 Å². The third-order valence-electron chi connectivity index (χ3n) is 6.17. The Morgan fingerprint density at radius 1 is 1.18 bits per heavy atom. The second-order valence-electron chi connectivity index (χ2n) is 8.22. The van der Waals surface area contributed by atoms with Gasteiger partial charge < -0.3 is 24.1 Å². The molecule has 33 heavy (non-hydrogen) atoms. The smallest absolute Gasteiger partial charge is 0.251 e. The van der Waals surface area contributed by atoms with Crippen LogP contribution in [0, 0.1) is 6.92 Å². The minimum atomic E-state index is -0.184. The summed E-state index contributed by atoms with van der Waals surface area (Å²) < 4.78 is 16.0. The van der Waals surface area contributed by atoms with E-state index in [2.05, 4.69) is 10.3 Å². The number of furan rings is 1. The van der Waals surface area contributed by atoms with E-state index in [1.165, 1.54) is 5.56 Å². The fourth-order valence-corrected chi connectivity index (χ4v) is 4.32. The summed E-state index contributed by atoms with van der Waals surface area (Å²) in [6.07, 6.45) is 5.22. The molecule has 3 aromatic rings. The number of benzene rings is 1. The van der Waals surface area contributed by atoms with E-state index in [9.17, 15) is 9.59 Å². The van der Waals surface area contributed by atoms with Crippen molar-refractivity contribution >= 4 is 11.8 Å². The van der Waals surface area contributed by atoms with Crippen molar-refractivity contribution in [3.05, 3.63) is 76.5 Å². The Morgan fingerprint density at radius 2 is 2.06 bits per heavy atom. The molecule has 0 spiro atoms. The van der Waals surface area contributed by atoms with E-state index >= 15 is 0 Å². The van der Waals surface area contributed by atoms with E-state index in [4.69, 9.17) is 13.9 Å². The lowest BCUT2D eigenvalue weighted by Crippen LogP contribution is -2.37. The van der Waals surface area contributed by atoms with Gasteiger partial charge in [-0.2, -0.15) is 0 Å². The zero-order valence-electron chi connectivity index (χ0n) is 18.4. The van der Waals surface area contributed by atoms with Gasteiger partial charge in [0.2, 0.25) is 12.7 Å². The molecule has 2 aliphatic heterocycles. The molecule has 8 heteroatoms. The fourth-order valence-electron chi connectivity index (χ4n) is 4.32. The second kappa shape index (κ2) is 8.97. The van der Waals surface area contributed by atoms with Crippen LogP contribution < -0.4 is 14.8 Å². The van der Waals surface area contributed by atoms with Crippen molar-refractivity contribution in [2.24, 2.45) is 0 Å². The quantitative estimate of drug-likeness (QED) is 0.624. The molecule has 5 rings (SSSR count). The van der Waals surface area contributed by atoms with Gasteiger partial charge >= 0.3 is 0 Å². The molecular formula is C25H25N3O5. The average Bonchev–Trinajstić information content (AvgIpc) is 3.53. The van der Waals surface area contributed by atoms with Crippen LogP contribution in [0.2, 0.25) is 0 Å². The largest absolute Gasteiger partial charge is 0.469 e. The molecule has 0 atom stereocenters. The third kappa shape index (κ3) is 4.41. The van der Waals surface area contributed by atoms with E-state index in [1.54, 1.807) is 24.5 Å². The zero-order chi connectivity index (χ0) is 22.8. The summed E-state index contributed by atoms with van der Waals surface area (Å²) in [7, 11) is 0. The van der Waals surface area contributed by atoms with Crippen molar-refractivity contribution in [1.82, 2.24) is 15.2 Å². The molecule has 2 aliphatic rings. The van der Waals surface area contributed by atoms with Gasteiger partial charge in [-0.05, 0) is 60.4 Å². The van der Waals surface area contributed by atoms with Gasteiger partial charge in [0.25, 0.3) is 5.91 Å². The van der Waals surface area contributed by atoms with Crippen molar-refractivity contribution < 1.29 is 23.5 Å². The van der Waals surface area contributed by atoms with Gasteiger partial charge in [-0.15, -0.1) is 0 Å². The molecular weight excluding hydrogens is 422 g/mol. The summed E-state index contributed by atoms with van der Waals surface area (Å²) in [5.74, 6) is 1.96. The highest BCUT2D eigenvalue weighted by Crippen LogP contribution is 2.32. The van der Waals surface area contributed by atoms with Crippen LogP contribution in [0.25, 0.3) is 0 Å². The molecule has 1 N–H and O–H groups in total. The number of carbonyl (C=O) groups excluding carboxylic acids is 2. The van der Waals surface area contributed by atoms with Crippen LogP contribution in [-0.2, 0) is 30.7 Å². The first-order valence-electron chi connectivity index (χ1n) is 11.0. The minimum absolute atomic E-state index is 0.107. The molecule has 0 saturated carbocycles. The van der Waals surface area contributed by atoms with Crippen LogP contribution in [0.15, 0.2) is 47.2 Å². The molecule has 170 valence electrons. The summed E-state index contributed by atoms with van der Waals surface area (Å²) in [6, 6.07) is 8.87. The van der Waals surface area contributed by atoms with Crippen LogP contribution in [0.5, 0.6) is 11.5 Å². The molecule has 0 bridgehead atoms. The van der Waals surface area contributed by atoms with Crippen LogP contribution in [0.1, 0.15) is 44.9 Å². The van der Waals surface area contributed by atoms with Crippen molar-refractivity contribution in [1.29, 1.82) is 0 Å². The topological polar surface area (TPSA) is 93.9 Å². The number of carbonyl (C=O) groups is 2. The van der Waals surface area contributed by atoms with Crippen LogP contribution in [-0.4, -0.2) is 35.0 Å². The van der Waals surface area contributed by atoms with Gasteiger partial charge in [0.1, 0.15) is 5.76 Å². The lowest BCUT2D eigenvalue weighted by molar-refractivity contribution is -0.132. The SMILES string of the molecule is Cc1ncc2c(c1CNC(=O)c1ccc3c(c1)OCO3)CCN(C(=O)CCc1ccco1)C2. The number of rotatable bonds is 6. The molecule has 0 aliphatic carbocycles. The van der Waals surface area contributed by atoms with E-state index in [1.807, 2.05) is 30.2 Å². The molecule has 4 heterocycles. The number of amides is 2. The Labute approximate surface area is 191 Å².